The lowest BCUT2D eigenvalue weighted by molar-refractivity contribution is -0.137. The number of aromatic nitrogens is 2. The molecule has 1 N–H and O–H groups in total. The van der Waals surface area contributed by atoms with E-state index in [2.05, 4.69) is 15.3 Å². The van der Waals surface area contributed by atoms with Crippen molar-refractivity contribution in [3.8, 4) is 0 Å². The Morgan fingerprint density at radius 1 is 1.24 bits per heavy atom. The molecule has 0 saturated heterocycles. The van der Waals surface area contributed by atoms with Gasteiger partial charge in [0.15, 0.2) is 0 Å². The van der Waals surface area contributed by atoms with Crippen LogP contribution in [0.4, 0.5) is 24.8 Å². The molecule has 1 aromatic heterocycles. The number of nitrogens with zero attached hydrogens (tertiary/aromatic N) is 3. The summed E-state index contributed by atoms with van der Waals surface area (Å²) in [6.07, 6.45) is -3.14. The molecule has 1 heterocycles. The van der Waals surface area contributed by atoms with E-state index in [1.54, 1.807) is 4.90 Å². The van der Waals surface area contributed by atoms with Crippen LogP contribution in [0, 0.1) is 0 Å². The Kier molecular flexibility index (Phi) is 5.84. The van der Waals surface area contributed by atoms with Crippen LogP contribution >= 0.6 is 11.6 Å². The first-order valence-electron chi connectivity index (χ1n) is 7.52. The van der Waals surface area contributed by atoms with Gasteiger partial charge in [-0.15, -0.1) is 0 Å². The normalized spacial score (nSPS) is 11.3. The Balaban J connectivity index is 2.30. The van der Waals surface area contributed by atoms with Gasteiger partial charge >= 0.3 is 6.18 Å². The summed E-state index contributed by atoms with van der Waals surface area (Å²) >= 11 is 5.93. The maximum atomic E-state index is 12.8. The maximum absolute atomic E-state index is 12.8. The summed E-state index contributed by atoms with van der Waals surface area (Å²) in [5.41, 5.74) is -0.706. The molecule has 9 heteroatoms. The summed E-state index contributed by atoms with van der Waals surface area (Å²) in [5.74, 6) is -0.301. The van der Waals surface area contributed by atoms with Crippen LogP contribution in [0.1, 0.15) is 29.9 Å². The number of anilines is 2. The summed E-state index contributed by atoms with van der Waals surface area (Å²) in [5, 5.41) is 2.71. The average Bonchev–Trinajstić information content (AvgIpc) is 2.57. The van der Waals surface area contributed by atoms with Gasteiger partial charge < -0.3 is 10.2 Å². The van der Waals surface area contributed by atoms with Crippen LogP contribution in [-0.2, 0) is 6.18 Å². The van der Waals surface area contributed by atoms with E-state index in [0.717, 1.165) is 18.2 Å². The number of alkyl halides is 3. The number of carbonyl (C=O) groups excluding carboxylic acids is 1. The molecule has 0 atom stereocenters. The quantitative estimate of drug-likeness (QED) is 0.846. The van der Waals surface area contributed by atoms with Crippen LogP contribution in [0.15, 0.2) is 30.5 Å². The van der Waals surface area contributed by atoms with Crippen LogP contribution in [0.25, 0.3) is 0 Å². The standard InChI is InChI=1S/C16H16ClF3N4O/c1-3-24(4-2)14(25)12-7-8-21-15(22-12)23-13-9-10(16(18,19)20)5-6-11(13)17/h5-9H,3-4H2,1-2H3,(H,21,22,23). The molecule has 0 radical (unpaired) electrons. The van der Waals surface area contributed by atoms with Gasteiger partial charge in [-0.3, -0.25) is 4.79 Å². The molecule has 0 bridgehead atoms. The summed E-state index contributed by atoms with van der Waals surface area (Å²) in [6, 6.07) is 4.33. The van der Waals surface area contributed by atoms with Crippen molar-refractivity contribution in [1.82, 2.24) is 14.9 Å². The molecule has 25 heavy (non-hydrogen) atoms. The lowest BCUT2D eigenvalue weighted by Crippen LogP contribution is -2.31. The van der Waals surface area contributed by atoms with E-state index in [1.807, 2.05) is 13.8 Å². The zero-order valence-corrected chi connectivity index (χ0v) is 14.3. The van der Waals surface area contributed by atoms with Gasteiger partial charge in [0.2, 0.25) is 5.95 Å². The van der Waals surface area contributed by atoms with Gasteiger partial charge in [-0.2, -0.15) is 13.2 Å². The molecule has 0 unspecified atom stereocenters. The van der Waals surface area contributed by atoms with Gasteiger partial charge in [0.05, 0.1) is 16.3 Å². The first-order chi connectivity index (χ1) is 11.8. The second-order valence-electron chi connectivity index (χ2n) is 5.06. The highest BCUT2D eigenvalue weighted by molar-refractivity contribution is 6.33. The maximum Gasteiger partial charge on any atom is 0.416 e. The molecule has 0 fully saturated rings. The molecule has 2 aromatic rings. The largest absolute Gasteiger partial charge is 0.416 e. The fourth-order valence-corrected chi connectivity index (χ4v) is 2.29. The number of halogens is 4. The van der Waals surface area contributed by atoms with Crippen molar-refractivity contribution in [1.29, 1.82) is 0 Å². The van der Waals surface area contributed by atoms with Crippen LogP contribution in [0.2, 0.25) is 5.02 Å². The van der Waals surface area contributed by atoms with Gasteiger partial charge in [0.1, 0.15) is 5.69 Å². The fraction of sp³-hybridized carbons (Fsp3) is 0.312. The van der Waals surface area contributed by atoms with Crippen LogP contribution < -0.4 is 5.32 Å². The number of benzene rings is 1. The number of nitrogens with one attached hydrogen (secondary N) is 1. The van der Waals surface area contributed by atoms with E-state index >= 15 is 0 Å². The number of carbonyl (C=O) groups is 1. The number of rotatable bonds is 5. The molecular weight excluding hydrogens is 357 g/mol. The molecule has 0 saturated carbocycles. The summed E-state index contributed by atoms with van der Waals surface area (Å²) in [7, 11) is 0. The molecular formula is C16H16ClF3N4O. The van der Waals surface area contributed by atoms with E-state index in [0.29, 0.717) is 13.1 Å². The lowest BCUT2D eigenvalue weighted by atomic mass is 10.2. The van der Waals surface area contributed by atoms with Gasteiger partial charge in [-0.05, 0) is 38.1 Å². The number of hydrogen-bond donors (Lipinski definition) is 1. The van der Waals surface area contributed by atoms with Crippen molar-refractivity contribution in [2.45, 2.75) is 20.0 Å². The lowest BCUT2D eigenvalue weighted by Gasteiger charge is -2.18. The van der Waals surface area contributed by atoms with Crippen LogP contribution in [0.3, 0.4) is 0 Å². The molecule has 0 aliphatic heterocycles. The topological polar surface area (TPSA) is 58.1 Å². The molecule has 0 spiro atoms. The second-order valence-corrected chi connectivity index (χ2v) is 5.47. The molecule has 134 valence electrons. The zero-order valence-electron chi connectivity index (χ0n) is 13.6. The first kappa shape index (κ1) is 19.0. The minimum Gasteiger partial charge on any atom is -0.338 e. The van der Waals surface area contributed by atoms with Gasteiger partial charge in [-0.25, -0.2) is 9.97 Å². The van der Waals surface area contributed by atoms with Gasteiger partial charge in [0.25, 0.3) is 5.91 Å². The van der Waals surface area contributed by atoms with Crippen molar-refractivity contribution >= 4 is 29.1 Å². The van der Waals surface area contributed by atoms with Crippen molar-refractivity contribution in [3.63, 3.8) is 0 Å². The molecule has 0 aliphatic rings. The van der Waals surface area contributed by atoms with Gasteiger partial charge in [-0.1, -0.05) is 11.6 Å². The Labute approximate surface area is 147 Å². The van der Waals surface area contributed by atoms with Crippen LogP contribution in [0.5, 0.6) is 0 Å². The summed E-state index contributed by atoms with van der Waals surface area (Å²) in [4.78, 5) is 21.9. The van der Waals surface area contributed by atoms with Crippen molar-refractivity contribution in [2.24, 2.45) is 0 Å². The molecule has 0 aliphatic carbocycles. The third kappa shape index (κ3) is 4.60. The third-order valence-electron chi connectivity index (χ3n) is 3.47. The highest BCUT2D eigenvalue weighted by Gasteiger charge is 2.31. The zero-order chi connectivity index (χ0) is 18.6. The highest BCUT2D eigenvalue weighted by atomic mass is 35.5. The Bertz CT molecular complexity index is 763. The van der Waals surface area contributed by atoms with Crippen molar-refractivity contribution < 1.29 is 18.0 Å². The van der Waals surface area contributed by atoms with Crippen LogP contribution in [-0.4, -0.2) is 33.9 Å². The highest BCUT2D eigenvalue weighted by Crippen LogP contribution is 2.34. The molecule has 2 rings (SSSR count). The Hall–Kier alpha value is -2.35. The van der Waals surface area contributed by atoms with E-state index in [-0.39, 0.29) is 28.3 Å². The first-order valence-corrected chi connectivity index (χ1v) is 7.90. The van der Waals surface area contributed by atoms with E-state index in [4.69, 9.17) is 11.6 Å². The fourth-order valence-electron chi connectivity index (χ4n) is 2.13. The Morgan fingerprint density at radius 3 is 2.52 bits per heavy atom. The summed E-state index contributed by atoms with van der Waals surface area (Å²) in [6.45, 7) is 4.71. The molecule has 5 nitrogen and oxygen atoms in total. The van der Waals surface area contributed by atoms with E-state index in [9.17, 15) is 18.0 Å². The monoisotopic (exact) mass is 372 g/mol. The minimum atomic E-state index is -4.50. The van der Waals surface area contributed by atoms with E-state index in [1.165, 1.54) is 12.3 Å². The SMILES string of the molecule is CCN(CC)C(=O)c1ccnc(Nc2cc(C(F)(F)F)ccc2Cl)n1. The van der Waals surface area contributed by atoms with Crippen molar-refractivity contribution in [2.75, 3.05) is 18.4 Å². The second kappa shape index (κ2) is 7.69. The van der Waals surface area contributed by atoms with E-state index < -0.39 is 11.7 Å². The minimum absolute atomic E-state index is 0.00364. The molecule has 1 aromatic carbocycles. The third-order valence-corrected chi connectivity index (χ3v) is 3.80. The van der Waals surface area contributed by atoms with Gasteiger partial charge in [0, 0.05) is 19.3 Å². The Morgan fingerprint density at radius 2 is 1.92 bits per heavy atom. The molecule has 1 amide bonds. The predicted octanol–water partition coefficient (Wildman–Crippen LogP) is 4.37. The van der Waals surface area contributed by atoms with Crippen molar-refractivity contribution in [3.05, 3.63) is 46.7 Å². The number of hydrogen-bond acceptors (Lipinski definition) is 4. The summed E-state index contributed by atoms with van der Waals surface area (Å²) < 4.78 is 38.5. The number of amides is 1. The smallest absolute Gasteiger partial charge is 0.338 e. The predicted molar refractivity (Wildman–Crippen MR) is 89.0 cm³/mol. The average molecular weight is 373 g/mol.